The number of hydrogen-bond acceptors (Lipinski definition) is 2. The predicted molar refractivity (Wildman–Crippen MR) is 76.1 cm³/mol. The third kappa shape index (κ3) is 5.19. The molecule has 1 rings (SSSR count). The largest absolute Gasteiger partial charge is 0.389 e. The fourth-order valence-electron chi connectivity index (χ4n) is 1.92. The lowest BCUT2D eigenvalue weighted by Crippen LogP contribution is -2.37. The first-order valence-electron chi connectivity index (χ1n) is 6.13. The highest BCUT2D eigenvalue weighted by atomic mass is 79.9. The van der Waals surface area contributed by atoms with E-state index in [2.05, 4.69) is 53.3 Å². The van der Waals surface area contributed by atoms with Gasteiger partial charge in [0.15, 0.2) is 0 Å². The van der Waals surface area contributed by atoms with Gasteiger partial charge in [-0.05, 0) is 37.5 Å². The lowest BCUT2D eigenvalue weighted by molar-refractivity contribution is 0.0498. The third-order valence-corrected chi connectivity index (χ3v) is 3.74. The summed E-state index contributed by atoms with van der Waals surface area (Å²) in [4.78, 5) is 0. The number of benzene rings is 1. The fourth-order valence-corrected chi connectivity index (χ4v) is 2.17. The van der Waals surface area contributed by atoms with Crippen molar-refractivity contribution in [2.75, 3.05) is 6.54 Å². The number of rotatable bonds is 6. The van der Waals surface area contributed by atoms with Gasteiger partial charge in [0.05, 0.1) is 5.60 Å². The second kappa shape index (κ2) is 6.53. The van der Waals surface area contributed by atoms with Crippen molar-refractivity contribution in [3.63, 3.8) is 0 Å². The Morgan fingerprint density at radius 3 is 2.71 bits per heavy atom. The molecule has 2 nitrogen and oxygen atoms in total. The Kier molecular flexibility index (Phi) is 5.63. The zero-order chi connectivity index (χ0) is 12.9. The molecule has 0 amide bonds. The minimum absolute atomic E-state index is 0.598. The van der Waals surface area contributed by atoms with Crippen molar-refractivity contribution in [1.82, 2.24) is 5.32 Å². The van der Waals surface area contributed by atoms with Crippen LogP contribution in [0, 0.1) is 6.92 Å². The van der Waals surface area contributed by atoms with Crippen molar-refractivity contribution >= 4 is 15.9 Å². The van der Waals surface area contributed by atoms with Crippen LogP contribution in [0.2, 0.25) is 0 Å². The number of nitrogens with one attached hydrogen (secondary N) is 1. The molecular weight excluding hydrogens is 278 g/mol. The summed E-state index contributed by atoms with van der Waals surface area (Å²) >= 11 is 3.49. The molecule has 3 heteroatoms. The SMILES string of the molecule is CCCC(C)(O)CNCc1ccc(Br)c(C)c1. The van der Waals surface area contributed by atoms with E-state index in [1.807, 2.05) is 6.92 Å². The summed E-state index contributed by atoms with van der Waals surface area (Å²) in [6.07, 6.45) is 1.84. The molecule has 1 aromatic carbocycles. The average molecular weight is 300 g/mol. The average Bonchev–Trinajstić information content (AvgIpc) is 2.23. The summed E-state index contributed by atoms with van der Waals surface area (Å²) in [5.74, 6) is 0. The summed E-state index contributed by atoms with van der Waals surface area (Å²) in [5, 5.41) is 13.3. The minimum Gasteiger partial charge on any atom is -0.389 e. The molecule has 0 aliphatic carbocycles. The molecule has 0 aliphatic rings. The molecule has 1 atom stereocenters. The molecule has 0 aromatic heterocycles. The second-order valence-electron chi connectivity index (χ2n) is 4.93. The van der Waals surface area contributed by atoms with Crippen molar-refractivity contribution in [3.8, 4) is 0 Å². The highest BCUT2D eigenvalue weighted by Crippen LogP contribution is 2.17. The van der Waals surface area contributed by atoms with Crippen LogP contribution in [0.3, 0.4) is 0 Å². The van der Waals surface area contributed by atoms with Gasteiger partial charge in [-0.1, -0.05) is 41.4 Å². The van der Waals surface area contributed by atoms with Gasteiger partial charge in [-0.2, -0.15) is 0 Å². The highest BCUT2D eigenvalue weighted by Gasteiger charge is 2.17. The Balaban J connectivity index is 2.43. The van der Waals surface area contributed by atoms with E-state index in [1.54, 1.807) is 0 Å². The van der Waals surface area contributed by atoms with Crippen LogP contribution < -0.4 is 5.32 Å². The van der Waals surface area contributed by atoms with Gasteiger partial charge in [0.2, 0.25) is 0 Å². The zero-order valence-electron chi connectivity index (χ0n) is 10.9. The summed E-state index contributed by atoms with van der Waals surface area (Å²) in [5.41, 5.74) is 1.89. The highest BCUT2D eigenvalue weighted by molar-refractivity contribution is 9.10. The van der Waals surface area contributed by atoms with Gasteiger partial charge in [0, 0.05) is 17.6 Å². The Morgan fingerprint density at radius 1 is 1.41 bits per heavy atom. The molecule has 0 fully saturated rings. The normalized spacial score (nSPS) is 14.6. The van der Waals surface area contributed by atoms with Gasteiger partial charge in [0.25, 0.3) is 0 Å². The van der Waals surface area contributed by atoms with Crippen molar-refractivity contribution in [2.24, 2.45) is 0 Å². The first kappa shape index (κ1) is 14.7. The molecule has 96 valence electrons. The molecule has 0 radical (unpaired) electrons. The monoisotopic (exact) mass is 299 g/mol. The molecule has 0 heterocycles. The van der Waals surface area contributed by atoms with Gasteiger partial charge in [-0.15, -0.1) is 0 Å². The number of halogens is 1. The number of hydrogen-bond donors (Lipinski definition) is 2. The Morgan fingerprint density at radius 2 is 2.12 bits per heavy atom. The van der Waals surface area contributed by atoms with E-state index in [9.17, 15) is 5.11 Å². The zero-order valence-corrected chi connectivity index (χ0v) is 12.5. The van der Waals surface area contributed by atoms with Gasteiger partial charge in [0.1, 0.15) is 0 Å². The van der Waals surface area contributed by atoms with Crippen LogP contribution in [-0.4, -0.2) is 17.3 Å². The molecule has 2 N–H and O–H groups in total. The lowest BCUT2D eigenvalue weighted by Gasteiger charge is -2.23. The van der Waals surface area contributed by atoms with E-state index >= 15 is 0 Å². The van der Waals surface area contributed by atoms with Gasteiger partial charge in [-0.25, -0.2) is 0 Å². The molecule has 0 aliphatic heterocycles. The van der Waals surface area contributed by atoms with E-state index in [0.29, 0.717) is 6.54 Å². The van der Waals surface area contributed by atoms with Crippen LogP contribution in [-0.2, 0) is 6.54 Å². The lowest BCUT2D eigenvalue weighted by atomic mass is 10.0. The van der Waals surface area contributed by atoms with E-state index in [-0.39, 0.29) is 0 Å². The maximum absolute atomic E-state index is 10.0. The van der Waals surface area contributed by atoms with Crippen LogP contribution in [0.1, 0.15) is 37.8 Å². The van der Waals surface area contributed by atoms with Crippen molar-refractivity contribution in [3.05, 3.63) is 33.8 Å². The third-order valence-electron chi connectivity index (χ3n) is 2.85. The summed E-state index contributed by atoms with van der Waals surface area (Å²) in [6, 6.07) is 6.32. The molecule has 17 heavy (non-hydrogen) atoms. The van der Waals surface area contributed by atoms with Gasteiger partial charge < -0.3 is 10.4 Å². The van der Waals surface area contributed by atoms with Crippen LogP contribution in [0.5, 0.6) is 0 Å². The smallest absolute Gasteiger partial charge is 0.0743 e. The van der Waals surface area contributed by atoms with Crippen LogP contribution >= 0.6 is 15.9 Å². The number of aryl methyl sites for hydroxylation is 1. The quantitative estimate of drug-likeness (QED) is 0.844. The minimum atomic E-state index is -0.598. The topological polar surface area (TPSA) is 32.3 Å². The second-order valence-corrected chi connectivity index (χ2v) is 5.79. The number of aliphatic hydroxyl groups is 1. The first-order valence-corrected chi connectivity index (χ1v) is 6.92. The fraction of sp³-hybridized carbons (Fsp3) is 0.571. The Labute approximate surface area is 113 Å². The van der Waals surface area contributed by atoms with Gasteiger partial charge >= 0.3 is 0 Å². The van der Waals surface area contributed by atoms with E-state index in [4.69, 9.17) is 0 Å². The first-order chi connectivity index (χ1) is 7.94. The van der Waals surface area contributed by atoms with Crippen molar-refractivity contribution in [2.45, 2.75) is 45.8 Å². The molecule has 0 spiro atoms. The molecule has 1 unspecified atom stereocenters. The molecule has 0 saturated carbocycles. The summed E-state index contributed by atoms with van der Waals surface area (Å²) in [6.45, 7) is 7.49. The maximum Gasteiger partial charge on any atom is 0.0743 e. The van der Waals surface area contributed by atoms with Crippen LogP contribution in [0.25, 0.3) is 0 Å². The molecule has 1 aromatic rings. The van der Waals surface area contributed by atoms with Gasteiger partial charge in [-0.3, -0.25) is 0 Å². The standard InChI is InChI=1S/C14H22BrNO/c1-4-7-14(3,17)10-16-9-12-5-6-13(15)11(2)8-12/h5-6,8,16-17H,4,7,9-10H2,1-3H3. The Hall–Kier alpha value is -0.380. The summed E-state index contributed by atoms with van der Waals surface area (Å²) < 4.78 is 1.14. The van der Waals surface area contributed by atoms with Crippen molar-refractivity contribution in [1.29, 1.82) is 0 Å². The van der Waals surface area contributed by atoms with Crippen LogP contribution in [0.15, 0.2) is 22.7 Å². The van der Waals surface area contributed by atoms with E-state index < -0.39 is 5.60 Å². The van der Waals surface area contributed by atoms with E-state index in [0.717, 1.165) is 23.9 Å². The van der Waals surface area contributed by atoms with E-state index in [1.165, 1.54) is 11.1 Å². The maximum atomic E-state index is 10.0. The molecule has 0 saturated heterocycles. The predicted octanol–water partition coefficient (Wildman–Crippen LogP) is 3.40. The molecular formula is C14H22BrNO. The van der Waals surface area contributed by atoms with Crippen molar-refractivity contribution < 1.29 is 5.11 Å². The Bertz CT molecular complexity index is 363. The molecule has 0 bridgehead atoms. The summed E-state index contributed by atoms with van der Waals surface area (Å²) in [7, 11) is 0. The van der Waals surface area contributed by atoms with Crippen LogP contribution in [0.4, 0.5) is 0 Å².